The van der Waals surface area contributed by atoms with Crippen LogP contribution >= 0.6 is 22.9 Å². The van der Waals surface area contributed by atoms with Crippen molar-refractivity contribution in [3.8, 4) is 0 Å². The number of hydrogen-bond donors (Lipinski definition) is 2. The van der Waals surface area contributed by atoms with Crippen LogP contribution in [0, 0.1) is 0 Å². The Morgan fingerprint density at radius 1 is 1.21 bits per heavy atom. The van der Waals surface area contributed by atoms with E-state index in [9.17, 15) is 9.59 Å². The van der Waals surface area contributed by atoms with E-state index in [1.165, 1.54) is 11.3 Å². The number of benzene rings is 2. The van der Waals surface area contributed by atoms with Crippen LogP contribution in [0.15, 0.2) is 48.5 Å². The number of likely N-dealkylation sites (tertiary alicyclic amines) is 1. The van der Waals surface area contributed by atoms with E-state index >= 15 is 0 Å². The van der Waals surface area contributed by atoms with E-state index in [0.717, 1.165) is 27.5 Å². The van der Waals surface area contributed by atoms with Crippen LogP contribution in [0.5, 0.6) is 0 Å². The SMILES string of the molecule is O=C(Nc1nc2ccccc2s1)C1CCCN1C(=O)c1cc2cc(Cl)ccc2[nH]1. The molecule has 2 N–H and O–H groups in total. The molecule has 1 unspecified atom stereocenters. The fraction of sp³-hybridized carbons (Fsp3) is 0.190. The quantitative estimate of drug-likeness (QED) is 0.501. The minimum Gasteiger partial charge on any atom is -0.351 e. The third kappa shape index (κ3) is 3.36. The van der Waals surface area contributed by atoms with Crippen molar-refractivity contribution in [3.05, 3.63) is 59.2 Å². The first-order valence-corrected chi connectivity index (χ1v) is 10.5. The van der Waals surface area contributed by atoms with Gasteiger partial charge in [-0.05, 0) is 49.2 Å². The van der Waals surface area contributed by atoms with Crippen molar-refractivity contribution in [1.29, 1.82) is 0 Å². The molecule has 4 aromatic rings. The second-order valence-corrected chi connectivity index (χ2v) is 8.51. The Balaban J connectivity index is 1.36. The highest BCUT2D eigenvalue weighted by atomic mass is 35.5. The van der Waals surface area contributed by atoms with Crippen LogP contribution in [0.3, 0.4) is 0 Å². The Kier molecular flexibility index (Phi) is 4.49. The standard InChI is InChI=1S/C21H17ClN4O2S/c22-13-7-8-14-12(10-13)11-16(23-14)20(28)26-9-3-5-17(26)19(27)25-21-24-15-4-1-2-6-18(15)29-21/h1-2,4,6-8,10-11,17,23H,3,5,9H2,(H,24,25,27). The molecule has 1 aliphatic heterocycles. The number of halogens is 1. The molecule has 0 aliphatic carbocycles. The van der Waals surface area contributed by atoms with Gasteiger partial charge in [0.2, 0.25) is 5.91 Å². The summed E-state index contributed by atoms with van der Waals surface area (Å²) in [6.07, 6.45) is 1.42. The molecule has 2 aromatic heterocycles. The number of carbonyl (C=O) groups is 2. The van der Waals surface area contributed by atoms with Crippen LogP contribution in [0.2, 0.25) is 5.02 Å². The van der Waals surface area contributed by atoms with Crippen LogP contribution in [0.4, 0.5) is 5.13 Å². The Morgan fingerprint density at radius 3 is 2.93 bits per heavy atom. The summed E-state index contributed by atoms with van der Waals surface area (Å²) in [6.45, 7) is 0.548. The van der Waals surface area contributed by atoms with E-state index in [-0.39, 0.29) is 11.8 Å². The van der Waals surface area contributed by atoms with Crippen molar-refractivity contribution in [2.24, 2.45) is 0 Å². The van der Waals surface area contributed by atoms with Crippen LogP contribution in [-0.4, -0.2) is 39.3 Å². The van der Waals surface area contributed by atoms with E-state index in [0.29, 0.717) is 28.8 Å². The lowest BCUT2D eigenvalue weighted by atomic mass is 10.2. The number of para-hydroxylation sites is 1. The molecule has 146 valence electrons. The number of nitrogens with zero attached hydrogens (tertiary/aromatic N) is 2. The second kappa shape index (κ2) is 7.17. The normalized spacial score (nSPS) is 16.6. The summed E-state index contributed by atoms with van der Waals surface area (Å²) in [5.74, 6) is -0.381. The zero-order valence-electron chi connectivity index (χ0n) is 15.3. The molecular formula is C21H17ClN4O2S. The number of anilines is 1. The third-order valence-corrected chi connectivity index (χ3v) is 6.34. The highest BCUT2D eigenvalue weighted by molar-refractivity contribution is 7.22. The Labute approximate surface area is 175 Å². The smallest absolute Gasteiger partial charge is 0.270 e. The van der Waals surface area contributed by atoms with Gasteiger partial charge in [0.05, 0.1) is 10.2 Å². The number of aromatic amines is 1. The highest BCUT2D eigenvalue weighted by Gasteiger charge is 2.35. The van der Waals surface area contributed by atoms with E-state index in [1.54, 1.807) is 17.0 Å². The molecule has 0 spiro atoms. The van der Waals surface area contributed by atoms with Crippen LogP contribution < -0.4 is 5.32 Å². The summed E-state index contributed by atoms with van der Waals surface area (Å²) < 4.78 is 1.01. The molecule has 1 saturated heterocycles. The predicted molar refractivity (Wildman–Crippen MR) is 116 cm³/mol. The number of aromatic nitrogens is 2. The lowest BCUT2D eigenvalue weighted by Gasteiger charge is -2.23. The molecule has 1 atom stereocenters. The maximum Gasteiger partial charge on any atom is 0.270 e. The van der Waals surface area contributed by atoms with Gasteiger partial charge < -0.3 is 15.2 Å². The van der Waals surface area contributed by atoms with Gasteiger partial charge in [0.15, 0.2) is 5.13 Å². The van der Waals surface area contributed by atoms with Crippen LogP contribution in [-0.2, 0) is 4.79 Å². The largest absolute Gasteiger partial charge is 0.351 e. The maximum atomic E-state index is 13.1. The van der Waals surface area contributed by atoms with Gasteiger partial charge >= 0.3 is 0 Å². The average molecular weight is 425 g/mol. The van der Waals surface area contributed by atoms with Gasteiger partial charge in [-0.2, -0.15) is 0 Å². The van der Waals surface area contributed by atoms with Gasteiger partial charge in [-0.15, -0.1) is 0 Å². The number of amides is 2. The van der Waals surface area contributed by atoms with Gasteiger partial charge in [-0.1, -0.05) is 35.1 Å². The molecule has 8 heteroatoms. The molecule has 1 aliphatic rings. The summed E-state index contributed by atoms with van der Waals surface area (Å²) >= 11 is 7.47. The molecule has 0 bridgehead atoms. The topological polar surface area (TPSA) is 78.1 Å². The minimum atomic E-state index is -0.510. The van der Waals surface area contributed by atoms with Crippen LogP contribution in [0.1, 0.15) is 23.3 Å². The van der Waals surface area contributed by atoms with E-state index in [1.807, 2.05) is 36.4 Å². The fourth-order valence-electron chi connectivity index (χ4n) is 3.77. The summed E-state index contributed by atoms with van der Waals surface area (Å²) in [5, 5.41) is 4.93. The number of nitrogens with one attached hydrogen (secondary N) is 2. The van der Waals surface area contributed by atoms with E-state index < -0.39 is 6.04 Å². The lowest BCUT2D eigenvalue weighted by molar-refractivity contribution is -0.119. The van der Waals surface area contributed by atoms with Crippen LogP contribution in [0.25, 0.3) is 21.1 Å². The molecule has 0 radical (unpaired) electrons. The first kappa shape index (κ1) is 18.1. The summed E-state index contributed by atoms with van der Waals surface area (Å²) in [5.41, 5.74) is 2.15. The molecule has 0 saturated carbocycles. The zero-order chi connectivity index (χ0) is 20.0. The molecule has 6 nitrogen and oxygen atoms in total. The van der Waals surface area contributed by atoms with Crippen molar-refractivity contribution in [2.75, 3.05) is 11.9 Å². The number of hydrogen-bond acceptors (Lipinski definition) is 4. The maximum absolute atomic E-state index is 13.1. The number of fused-ring (bicyclic) bond motifs is 2. The van der Waals surface area contributed by atoms with Gasteiger partial charge in [0.25, 0.3) is 5.91 Å². The molecule has 1 fully saturated rings. The zero-order valence-corrected chi connectivity index (χ0v) is 16.9. The molecule has 2 amide bonds. The van der Waals surface area contributed by atoms with Gasteiger partial charge in [-0.3, -0.25) is 9.59 Å². The Bertz CT molecular complexity index is 1210. The molecule has 2 aromatic carbocycles. The van der Waals surface area contributed by atoms with Crippen molar-refractivity contribution in [2.45, 2.75) is 18.9 Å². The first-order chi connectivity index (χ1) is 14.1. The lowest BCUT2D eigenvalue weighted by Crippen LogP contribution is -2.43. The predicted octanol–water partition coefficient (Wildman–Crippen LogP) is 4.67. The van der Waals surface area contributed by atoms with Crippen molar-refractivity contribution < 1.29 is 9.59 Å². The van der Waals surface area contributed by atoms with Crippen molar-refractivity contribution in [3.63, 3.8) is 0 Å². The third-order valence-electron chi connectivity index (χ3n) is 5.15. The first-order valence-electron chi connectivity index (χ1n) is 9.34. The fourth-order valence-corrected chi connectivity index (χ4v) is 4.82. The van der Waals surface area contributed by atoms with Crippen molar-refractivity contribution in [1.82, 2.24) is 14.9 Å². The molecular weight excluding hydrogens is 408 g/mol. The van der Waals surface area contributed by atoms with E-state index in [4.69, 9.17) is 11.6 Å². The number of rotatable bonds is 3. The second-order valence-electron chi connectivity index (χ2n) is 7.05. The van der Waals surface area contributed by atoms with Crippen molar-refractivity contribution >= 4 is 61.0 Å². The number of thiazole rings is 1. The number of carbonyl (C=O) groups excluding carboxylic acids is 2. The molecule has 29 heavy (non-hydrogen) atoms. The Hall–Kier alpha value is -2.90. The monoisotopic (exact) mass is 424 g/mol. The average Bonchev–Trinajstić information content (AvgIpc) is 3.43. The summed E-state index contributed by atoms with van der Waals surface area (Å²) in [7, 11) is 0. The van der Waals surface area contributed by atoms with E-state index in [2.05, 4.69) is 15.3 Å². The minimum absolute atomic E-state index is 0.181. The molecule has 5 rings (SSSR count). The Morgan fingerprint density at radius 2 is 2.07 bits per heavy atom. The molecule has 3 heterocycles. The van der Waals surface area contributed by atoms with Gasteiger partial charge in [0, 0.05) is 22.5 Å². The number of H-pyrrole nitrogens is 1. The summed E-state index contributed by atoms with van der Waals surface area (Å²) in [4.78, 5) is 35.2. The summed E-state index contributed by atoms with van der Waals surface area (Å²) in [6, 6.07) is 14.4. The van der Waals surface area contributed by atoms with Gasteiger partial charge in [-0.25, -0.2) is 4.98 Å². The van der Waals surface area contributed by atoms with Gasteiger partial charge in [0.1, 0.15) is 11.7 Å². The highest BCUT2D eigenvalue weighted by Crippen LogP contribution is 2.28.